The van der Waals surface area contributed by atoms with Crippen molar-refractivity contribution in [3.05, 3.63) is 18.0 Å². The Morgan fingerprint density at radius 2 is 2.21 bits per heavy atom. The Morgan fingerprint density at radius 1 is 1.50 bits per heavy atom. The zero-order valence-corrected chi connectivity index (χ0v) is 9.16. The van der Waals surface area contributed by atoms with Crippen LogP contribution in [0.4, 0.5) is 5.95 Å². The third-order valence-electron chi connectivity index (χ3n) is 1.75. The first-order valence-electron chi connectivity index (χ1n) is 4.60. The lowest BCUT2D eigenvalue weighted by Gasteiger charge is -2.25. The van der Waals surface area contributed by atoms with Crippen molar-refractivity contribution in [2.75, 3.05) is 19.0 Å². The Morgan fingerprint density at radius 3 is 2.79 bits per heavy atom. The van der Waals surface area contributed by atoms with Crippen LogP contribution < -0.4 is 5.32 Å². The van der Waals surface area contributed by atoms with E-state index in [9.17, 15) is 0 Å². The second kappa shape index (κ2) is 4.37. The van der Waals surface area contributed by atoms with Crippen LogP contribution in [0.1, 0.15) is 19.5 Å². The molecule has 4 heteroatoms. The Balaban J connectivity index is 2.68. The summed E-state index contributed by atoms with van der Waals surface area (Å²) in [6.45, 7) is 6.64. The topological polar surface area (TPSA) is 47.0 Å². The molecule has 0 amide bonds. The molecule has 4 nitrogen and oxygen atoms in total. The number of hydrogen-bond donors (Lipinski definition) is 1. The molecule has 0 spiro atoms. The number of nitrogens with zero attached hydrogens (tertiary/aromatic N) is 2. The van der Waals surface area contributed by atoms with Crippen molar-refractivity contribution < 1.29 is 4.74 Å². The molecule has 0 bridgehead atoms. The highest BCUT2D eigenvalue weighted by Gasteiger charge is 2.17. The van der Waals surface area contributed by atoms with Gasteiger partial charge in [-0.05, 0) is 26.8 Å². The van der Waals surface area contributed by atoms with Crippen LogP contribution in [0.15, 0.2) is 12.3 Å². The van der Waals surface area contributed by atoms with Crippen molar-refractivity contribution in [3.63, 3.8) is 0 Å². The van der Waals surface area contributed by atoms with Gasteiger partial charge >= 0.3 is 0 Å². The average molecular weight is 195 g/mol. The first-order chi connectivity index (χ1) is 6.53. The monoisotopic (exact) mass is 195 g/mol. The van der Waals surface area contributed by atoms with Gasteiger partial charge in [0.1, 0.15) is 0 Å². The summed E-state index contributed by atoms with van der Waals surface area (Å²) in [4.78, 5) is 8.39. The highest BCUT2D eigenvalue weighted by Crippen LogP contribution is 2.10. The van der Waals surface area contributed by atoms with E-state index in [0.717, 1.165) is 5.69 Å². The average Bonchev–Trinajstić information content (AvgIpc) is 2.02. The molecule has 0 radical (unpaired) electrons. The van der Waals surface area contributed by atoms with Crippen molar-refractivity contribution in [2.24, 2.45) is 0 Å². The number of aromatic nitrogens is 2. The quantitative estimate of drug-likeness (QED) is 0.793. The van der Waals surface area contributed by atoms with Gasteiger partial charge in [0, 0.05) is 19.0 Å². The first-order valence-corrected chi connectivity index (χ1v) is 4.60. The number of rotatable bonds is 4. The molecule has 1 aromatic rings. The fourth-order valence-corrected chi connectivity index (χ4v) is 1.21. The second-order valence-electron chi connectivity index (χ2n) is 3.96. The third kappa shape index (κ3) is 3.30. The number of nitrogens with one attached hydrogen (secondary N) is 1. The molecule has 1 heterocycles. The van der Waals surface area contributed by atoms with Gasteiger partial charge in [-0.2, -0.15) is 0 Å². The molecule has 0 saturated heterocycles. The van der Waals surface area contributed by atoms with E-state index in [-0.39, 0.29) is 5.54 Å². The molecular formula is C10H17N3O. The van der Waals surface area contributed by atoms with Crippen LogP contribution in [0, 0.1) is 6.92 Å². The summed E-state index contributed by atoms with van der Waals surface area (Å²) in [6, 6.07) is 1.87. The Kier molecular flexibility index (Phi) is 3.41. The SMILES string of the molecule is COCC(C)(C)Nc1nccc(C)n1. The van der Waals surface area contributed by atoms with Crippen LogP contribution in [0.2, 0.25) is 0 Å². The normalized spacial score (nSPS) is 11.4. The van der Waals surface area contributed by atoms with Gasteiger partial charge in [-0.1, -0.05) is 0 Å². The zero-order valence-electron chi connectivity index (χ0n) is 9.16. The molecule has 0 aliphatic heterocycles. The van der Waals surface area contributed by atoms with E-state index in [1.165, 1.54) is 0 Å². The number of hydrogen-bond acceptors (Lipinski definition) is 4. The molecule has 0 aliphatic rings. The van der Waals surface area contributed by atoms with E-state index < -0.39 is 0 Å². The smallest absolute Gasteiger partial charge is 0.223 e. The van der Waals surface area contributed by atoms with Gasteiger partial charge in [-0.3, -0.25) is 0 Å². The van der Waals surface area contributed by atoms with Crippen LogP contribution >= 0.6 is 0 Å². The summed E-state index contributed by atoms with van der Waals surface area (Å²) in [5.74, 6) is 0.645. The Hall–Kier alpha value is -1.16. The van der Waals surface area contributed by atoms with Crippen molar-refractivity contribution in [1.29, 1.82) is 0 Å². The lowest BCUT2D eigenvalue weighted by Crippen LogP contribution is -2.36. The molecule has 0 saturated carbocycles. The molecule has 14 heavy (non-hydrogen) atoms. The zero-order chi connectivity index (χ0) is 10.6. The summed E-state index contributed by atoms with van der Waals surface area (Å²) >= 11 is 0. The highest BCUT2D eigenvalue weighted by molar-refractivity contribution is 5.28. The van der Waals surface area contributed by atoms with Crippen LogP contribution in [-0.4, -0.2) is 29.2 Å². The number of ether oxygens (including phenoxy) is 1. The molecule has 0 fully saturated rings. The molecule has 78 valence electrons. The van der Waals surface area contributed by atoms with E-state index in [1.54, 1.807) is 13.3 Å². The number of methoxy groups -OCH3 is 1. The predicted octanol–water partition coefficient (Wildman–Crippen LogP) is 1.62. The summed E-state index contributed by atoms with van der Waals surface area (Å²) < 4.78 is 5.09. The van der Waals surface area contributed by atoms with E-state index in [2.05, 4.69) is 15.3 Å². The lowest BCUT2D eigenvalue weighted by atomic mass is 10.1. The molecule has 0 aliphatic carbocycles. The van der Waals surface area contributed by atoms with Crippen LogP contribution in [-0.2, 0) is 4.74 Å². The Labute approximate surface area is 84.7 Å². The summed E-state index contributed by atoms with van der Waals surface area (Å²) in [7, 11) is 1.68. The van der Waals surface area contributed by atoms with Gasteiger partial charge in [0.15, 0.2) is 0 Å². The summed E-state index contributed by atoms with van der Waals surface area (Å²) in [5, 5.41) is 3.21. The minimum atomic E-state index is -0.150. The maximum Gasteiger partial charge on any atom is 0.223 e. The van der Waals surface area contributed by atoms with Crippen molar-refractivity contribution >= 4 is 5.95 Å². The minimum Gasteiger partial charge on any atom is -0.382 e. The molecule has 1 rings (SSSR count). The fourth-order valence-electron chi connectivity index (χ4n) is 1.21. The third-order valence-corrected chi connectivity index (χ3v) is 1.75. The van der Waals surface area contributed by atoms with Gasteiger partial charge < -0.3 is 10.1 Å². The van der Waals surface area contributed by atoms with Crippen molar-refractivity contribution in [1.82, 2.24) is 9.97 Å². The summed E-state index contributed by atoms with van der Waals surface area (Å²) in [6.07, 6.45) is 1.74. The Bertz CT molecular complexity index is 299. The van der Waals surface area contributed by atoms with E-state index in [0.29, 0.717) is 12.6 Å². The molecule has 0 atom stereocenters. The second-order valence-corrected chi connectivity index (χ2v) is 3.96. The fraction of sp³-hybridized carbons (Fsp3) is 0.600. The molecule has 0 unspecified atom stereocenters. The van der Waals surface area contributed by atoms with E-state index >= 15 is 0 Å². The summed E-state index contributed by atoms with van der Waals surface area (Å²) in [5.41, 5.74) is 0.804. The van der Waals surface area contributed by atoms with Gasteiger partial charge in [0.25, 0.3) is 0 Å². The predicted molar refractivity (Wildman–Crippen MR) is 56.3 cm³/mol. The standard InChI is InChI=1S/C10H17N3O/c1-8-5-6-11-9(12-8)13-10(2,3)7-14-4/h5-6H,7H2,1-4H3,(H,11,12,13). The molecule has 1 N–H and O–H groups in total. The van der Waals surface area contributed by atoms with Crippen LogP contribution in [0.3, 0.4) is 0 Å². The van der Waals surface area contributed by atoms with E-state index in [4.69, 9.17) is 4.74 Å². The van der Waals surface area contributed by atoms with Gasteiger partial charge in [-0.25, -0.2) is 9.97 Å². The first kappa shape index (κ1) is 10.9. The van der Waals surface area contributed by atoms with Crippen LogP contribution in [0.25, 0.3) is 0 Å². The van der Waals surface area contributed by atoms with Gasteiger partial charge in [0.2, 0.25) is 5.95 Å². The van der Waals surface area contributed by atoms with Gasteiger partial charge in [0.05, 0.1) is 12.1 Å². The maximum absolute atomic E-state index is 5.09. The molecule has 0 aromatic carbocycles. The molecular weight excluding hydrogens is 178 g/mol. The number of aryl methyl sites for hydroxylation is 1. The largest absolute Gasteiger partial charge is 0.382 e. The van der Waals surface area contributed by atoms with Crippen molar-refractivity contribution in [3.8, 4) is 0 Å². The minimum absolute atomic E-state index is 0.150. The number of anilines is 1. The highest BCUT2D eigenvalue weighted by atomic mass is 16.5. The van der Waals surface area contributed by atoms with Crippen molar-refractivity contribution in [2.45, 2.75) is 26.3 Å². The lowest BCUT2D eigenvalue weighted by molar-refractivity contribution is 0.158. The van der Waals surface area contributed by atoms with E-state index in [1.807, 2.05) is 26.8 Å². The van der Waals surface area contributed by atoms with Gasteiger partial charge in [-0.15, -0.1) is 0 Å². The maximum atomic E-state index is 5.09. The molecule has 1 aromatic heterocycles. The van der Waals surface area contributed by atoms with Crippen LogP contribution in [0.5, 0.6) is 0 Å².